The minimum atomic E-state index is -0.524. The molecule has 0 fully saturated rings. The van der Waals surface area contributed by atoms with Gasteiger partial charge in [-0.25, -0.2) is 0 Å². The van der Waals surface area contributed by atoms with Gasteiger partial charge in [0.2, 0.25) is 0 Å². The fourth-order valence-corrected chi connectivity index (χ4v) is 2.61. The van der Waals surface area contributed by atoms with Crippen LogP contribution < -0.4 is 11.1 Å². The Bertz CT molecular complexity index is 558. The Morgan fingerprint density at radius 3 is 2.55 bits per heavy atom. The van der Waals surface area contributed by atoms with Crippen molar-refractivity contribution < 1.29 is 9.72 Å². The summed E-state index contributed by atoms with van der Waals surface area (Å²) in [4.78, 5) is 23.0. The van der Waals surface area contributed by atoms with Crippen LogP contribution in [-0.4, -0.2) is 22.9 Å². The van der Waals surface area contributed by atoms with E-state index in [2.05, 4.69) is 19.2 Å². The Morgan fingerprint density at radius 2 is 2.09 bits per heavy atom. The number of carbonyl (C=O) groups is 1. The molecule has 0 saturated heterocycles. The van der Waals surface area contributed by atoms with Crippen LogP contribution in [0.15, 0.2) is 18.2 Å². The van der Waals surface area contributed by atoms with Crippen molar-refractivity contribution in [2.24, 2.45) is 11.7 Å². The summed E-state index contributed by atoms with van der Waals surface area (Å²) in [5.74, 6) is 0.0463. The van der Waals surface area contributed by atoms with Gasteiger partial charge in [-0.2, -0.15) is 0 Å². The van der Waals surface area contributed by atoms with Gasteiger partial charge in [0.05, 0.1) is 4.92 Å². The number of nitrogens with two attached hydrogens (primary N) is 1. The molecule has 22 heavy (non-hydrogen) atoms. The number of nitrogens with one attached hydrogen (secondary N) is 1. The summed E-state index contributed by atoms with van der Waals surface area (Å²) in [7, 11) is 0. The Hall–Kier alpha value is -1.95. The van der Waals surface area contributed by atoms with Gasteiger partial charge in [0.1, 0.15) is 0 Å². The number of carbonyl (C=O) groups excluding carboxylic acids is 1. The third-order valence-electron chi connectivity index (χ3n) is 3.65. The summed E-state index contributed by atoms with van der Waals surface area (Å²) in [6.07, 6.45) is 1.29. The first-order valence-corrected chi connectivity index (χ1v) is 7.52. The van der Waals surface area contributed by atoms with Crippen LogP contribution in [0.1, 0.15) is 50.0 Å². The van der Waals surface area contributed by atoms with E-state index in [-0.39, 0.29) is 17.2 Å². The highest BCUT2D eigenvalue weighted by Gasteiger charge is 2.27. The van der Waals surface area contributed by atoms with Gasteiger partial charge in [-0.3, -0.25) is 14.9 Å². The van der Waals surface area contributed by atoms with Crippen molar-refractivity contribution in [2.45, 2.75) is 46.1 Å². The van der Waals surface area contributed by atoms with E-state index in [1.165, 1.54) is 6.07 Å². The molecular weight excluding hydrogens is 282 g/mol. The van der Waals surface area contributed by atoms with Crippen molar-refractivity contribution in [1.29, 1.82) is 0 Å². The smallest absolute Gasteiger partial charge is 0.273 e. The Morgan fingerprint density at radius 1 is 1.45 bits per heavy atom. The van der Waals surface area contributed by atoms with Crippen LogP contribution in [0.5, 0.6) is 0 Å². The Balaban J connectivity index is 3.03. The molecule has 0 radical (unpaired) electrons. The lowest BCUT2D eigenvalue weighted by atomic mass is 9.90. The zero-order valence-electron chi connectivity index (χ0n) is 13.7. The summed E-state index contributed by atoms with van der Waals surface area (Å²) in [5.41, 5.74) is 6.14. The molecule has 0 saturated carbocycles. The maximum absolute atomic E-state index is 12.4. The van der Waals surface area contributed by atoms with Gasteiger partial charge in [0.15, 0.2) is 0 Å². The van der Waals surface area contributed by atoms with E-state index >= 15 is 0 Å². The fourth-order valence-electron chi connectivity index (χ4n) is 2.61. The van der Waals surface area contributed by atoms with Crippen molar-refractivity contribution in [3.63, 3.8) is 0 Å². The molecule has 0 spiro atoms. The normalized spacial score (nSPS) is 13.7. The van der Waals surface area contributed by atoms with Gasteiger partial charge in [-0.15, -0.1) is 0 Å². The number of nitro benzene ring substituents is 1. The van der Waals surface area contributed by atoms with Gasteiger partial charge in [-0.05, 0) is 31.7 Å². The standard InChI is InChI=1S/C16H25N3O3/c1-5-12-6-7-13(8-14(12)19(21)22)15(20)18-16(4,10-17)9-11(2)3/h6-8,11H,5,9-10,17H2,1-4H3,(H,18,20). The number of nitro groups is 1. The minimum absolute atomic E-state index is 0.0199. The first-order chi connectivity index (χ1) is 10.2. The molecule has 1 atom stereocenters. The Labute approximate surface area is 131 Å². The molecule has 0 heterocycles. The second-order valence-electron chi connectivity index (χ2n) is 6.27. The first kappa shape index (κ1) is 18.1. The lowest BCUT2D eigenvalue weighted by Crippen LogP contribution is -2.52. The molecule has 1 amide bonds. The lowest BCUT2D eigenvalue weighted by molar-refractivity contribution is -0.385. The SMILES string of the molecule is CCc1ccc(C(=O)NC(C)(CN)CC(C)C)cc1[N+](=O)[O-]. The molecule has 0 aromatic heterocycles. The molecule has 1 aromatic rings. The number of amides is 1. The average Bonchev–Trinajstić information content (AvgIpc) is 2.45. The highest BCUT2D eigenvalue weighted by molar-refractivity contribution is 5.95. The number of benzene rings is 1. The van der Waals surface area contributed by atoms with E-state index in [4.69, 9.17) is 5.73 Å². The average molecular weight is 307 g/mol. The van der Waals surface area contributed by atoms with Crippen LogP contribution in [-0.2, 0) is 6.42 Å². The van der Waals surface area contributed by atoms with Crippen molar-refractivity contribution in [1.82, 2.24) is 5.32 Å². The summed E-state index contributed by atoms with van der Waals surface area (Å²) >= 11 is 0. The molecule has 122 valence electrons. The van der Waals surface area contributed by atoms with Gasteiger partial charge in [0, 0.05) is 29.3 Å². The number of hydrogen-bond acceptors (Lipinski definition) is 4. The van der Waals surface area contributed by atoms with Crippen molar-refractivity contribution >= 4 is 11.6 Å². The van der Waals surface area contributed by atoms with E-state index in [9.17, 15) is 14.9 Å². The summed E-state index contributed by atoms with van der Waals surface area (Å²) in [6, 6.07) is 4.59. The van der Waals surface area contributed by atoms with E-state index in [0.717, 1.165) is 6.42 Å². The number of nitrogens with zero attached hydrogens (tertiary/aromatic N) is 1. The monoisotopic (exact) mass is 307 g/mol. The van der Waals surface area contributed by atoms with Gasteiger partial charge >= 0.3 is 0 Å². The van der Waals surface area contributed by atoms with Crippen LogP contribution in [0, 0.1) is 16.0 Å². The topological polar surface area (TPSA) is 98.3 Å². The molecule has 1 unspecified atom stereocenters. The van der Waals surface area contributed by atoms with Crippen molar-refractivity contribution in [3.05, 3.63) is 39.4 Å². The fraction of sp³-hybridized carbons (Fsp3) is 0.562. The van der Waals surface area contributed by atoms with Gasteiger partial charge in [-0.1, -0.05) is 26.8 Å². The zero-order chi connectivity index (χ0) is 16.9. The Kier molecular flexibility index (Phi) is 6.05. The molecule has 0 bridgehead atoms. The summed E-state index contributed by atoms with van der Waals surface area (Å²) in [5, 5.41) is 14.0. The van der Waals surface area contributed by atoms with Gasteiger partial charge in [0.25, 0.3) is 11.6 Å². The minimum Gasteiger partial charge on any atom is -0.346 e. The summed E-state index contributed by atoms with van der Waals surface area (Å²) < 4.78 is 0. The predicted molar refractivity (Wildman–Crippen MR) is 86.9 cm³/mol. The van der Waals surface area contributed by atoms with Crippen LogP contribution in [0.4, 0.5) is 5.69 Å². The number of aryl methyl sites for hydroxylation is 1. The summed E-state index contributed by atoms with van der Waals surface area (Å²) in [6.45, 7) is 8.16. The highest BCUT2D eigenvalue weighted by atomic mass is 16.6. The lowest BCUT2D eigenvalue weighted by Gasteiger charge is -2.31. The van der Waals surface area contributed by atoms with E-state index in [1.54, 1.807) is 12.1 Å². The maximum atomic E-state index is 12.4. The van der Waals surface area contributed by atoms with Gasteiger partial charge < -0.3 is 11.1 Å². The molecule has 1 aromatic carbocycles. The van der Waals surface area contributed by atoms with E-state index < -0.39 is 10.5 Å². The first-order valence-electron chi connectivity index (χ1n) is 7.52. The molecule has 0 aliphatic rings. The third-order valence-corrected chi connectivity index (χ3v) is 3.65. The molecule has 6 nitrogen and oxygen atoms in total. The van der Waals surface area contributed by atoms with E-state index in [0.29, 0.717) is 24.4 Å². The quantitative estimate of drug-likeness (QED) is 0.597. The number of rotatable bonds is 7. The van der Waals surface area contributed by atoms with Crippen LogP contribution >= 0.6 is 0 Å². The zero-order valence-corrected chi connectivity index (χ0v) is 13.7. The highest BCUT2D eigenvalue weighted by Crippen LogP contribution is 2.22. The van der Waals surface area contributed by atoms with Crippen molar-refractivity contribution in [2.75, 3.05) is 6.54 Å². The predicted octanol–water partition coefficient (Wildman–Crippen LogP) is 2.65. The molecule has 3 N–H and O–H groups in total. The maximum Gasteiger partial charge on any atom is 0.273 e. The second kappa shape index (κ2) is 7.35. The molecule has 0 aliphatic heterocycles. The van der Waals surface area contributed by atoms with Crippen LogP contribution in [0.2, 0.25) is 0 Å². The van der Waals surface area contributed by atoms with Crippen LogP contribution in [0.3, 0.4) is 0 Å². The molecule has 0 aliphatic carbocycles. The second-order valence-corrected chi connectivity index (χ2v) is 6.27. The van der Waals surface area contributed by atoms with Crippen molar-refractivity contribution in [3.8, 4) is 0 Å². The van der Waals surface area contributed by atoms with E-state index in [1.807, 2.05) is 13.8 Å². The third kappa shape index (κ3) is 4.53. The number of hydrogen-bond donors (Lipinski definition) is 2. The largest absolute Gasteiger partial charge is 0.346 e. The molecule has 6 heteroatoms. The molecule has 1 rings (SSSR count). The molecular formula is C16H25N3O3. The van der Waals surface area contributed by atoms with Crippen LogP contribution in [0.25, 0.3) is 0 Å².